The Morgan fingerprint density at radius 3 is 0.811 bits per heavy atom. The second-order valence-corrected chi connectivity index (χ2v) is 50.7. The Balaban J connectivity index is 0.000000314. The lowest BCUT2D eigenvalue weighted by atomic mass is 10.1. The summed E-state index contributed by atoms with van der Waals surface area (Å²) >= 11 is 6.73. The first-order chi connectivity index (χ1) is 62.8. The van der Waals surface area contributed by atoms with Crippen LogP contribution in [0.3, 0.4) is 0 Å². The number of esters is 2. The van der Waals surface area contributed by atoms with Gasteiger partial charge in [0, 0.05) is 96.5 Å². The lowest BCUT2D eigenvalue weighted by Gasteiger charge is -2.29. The molecule has 4 aliphatic rings. The predicted octanol–water partition coefficient (Wildman–Crippen LogP) is 18.6. The molecule has 8 rings (SSSR count). The molecule has 4 fully saturated rings. The van der Waals surface area contributed by atoms with E-state index in [4.69, 9.17) is 18.5 Å². The first-order valence-electron chi connectivity index (χ1n) is 47.1. The molecule has 132 heavy (non-hydrogen) atoms. The van der Waals surface area contributed by atoms with Crippen LogP contribution in [0.1, 0.15) is 220 Å². The fourth-order valence-corrected chi connectivity index (χ4v) is 28.1. The number of carbonyl (C=O) groups is 10. The fraction of sp³-hybridized carbons (Fsp3) is 0.646. The van der Waals surface area contributed by atoms with Crippen LogP contribution >= 0.6 is 76.5 Å². The number of hydrogen-bond donors (Lipinski definition) is 6. The van der Waals surface area contributed by atoms with Crippen molar-refractivity contribution in [1.82, 2.24) is 19.6 Å². The van der Waals surface area contributed by atoms with Crippen molar-refractivity contribution in [1.29, 1.82) is 0 Å². The fourth-order valence-electron chi connectivity index (χ4n) is 15.4. The van der Waals surface area contributed by atoms with Crippen LogP contribution in [-0.2, 0) is 110 Å². The van der Waals surface area contributed by atoms with Crippen molar-refractivity contribution in [3.8, 4) is 0 Å². The van der Waals surface area contributed by atoms with E-state index in [0.717, 1.165) is 113 Å². The van der Waals surface area contributed by atoms with Gasteiger partial charge in [-0.05, 0) is 174 Å². The van der Waals surface area contributed by atoms with Gasteiger partial charge in [-0.1, -0.05) is 203 Å². The summed E-state index contributed by atoms with van der Waals surface area (Å²) in [6.45, 7) is 20.2. The van der Waals surface area contributed by atoms with Crippen LogP contribution in [0.15, 0.2) is 121 Å². The lowest BCUT2D eigenvalue weighted by molar-refractivity contribution is -0.170. The third-order valence-corrected chi connectivity index (χ3v) is 36.6. The Hall–Kier alpha value is -6.26. The van der Waals surface area contributed by atoms with Crippen molar-refractivity contribution in [2.75, 3.05) is 98.5 Å². The van der Waals surface area contributed by atoms with Crippen LogP contribution in [0, 0.1) is 11.8 Å². The molecule has 4 aromatic carbocycles. The summed E-state index contributed by atoms with van der Waals surface area (Å²) in [4.78, 5) is 149. The van der Waals surface area contributed by atoms with Crippen molar-refractivity contribution in [2.24, 2.45) is 11.8 Å². The van der Waals surface area contributed by atoms with E-state index in [1.54, 1.807) is 88.6 Å². The quantitative estimate of drug-likeness (QED) is 0.0103. The molecule has 740 valence electrons. The number of likely N-dealkylation sites (tertiary alicyclic amines) is 4. The number of unbranched alkanes of at least 4 members (excludes halogenated alkanes) is 6. The van der Waals surface area contributed by atoms with Crippen LogP contribution < -0.4 is 0 Å². The van der Waals surface area contributed by atoms with Crippen molar-refractivity contribution < 1.29 is 115 Å². The zero-order valence-electron chi connectivity index (χ0n) is 79.0. The minimum atomic E-state index is -3.62. The second-order valence-electron chi connectivity index (χ2n) is 35.0. The van der Waals surface area contributed by atoms with Crippen LogP contribution in [0.25, 0.3) is 0 Å². The minimum Gasteiger partial charge on any atom is -0.480 e. The van der Waals surface area contributed by atoms with Gasteiger partial charge in [0.1, 0.15) is 48.8 Å². The Bertz CT molecular complexity index is 4360. The van der Waals surface area contributed by atoms with Crippen molar-refractivity contribution in [3.05, 3.63) is 144 Å². The van der Waals surface area contributed by atoms with Crippen molar-refractivity contribution in [3.63, 3.8) is 0 Å². The normalized spacial score (nSPS) is 20.5. The maximum absolute atomic E-state index is 14.1. The molecular formula is C96H148N4O24P4S4. The first-order valence-corrected chi connectivity index (χ1v) is 59.3. The van der Waals surface area contributed by atoms with Gasteiger partial charge in [-0.25, -0.2) is 19.2 Å². The number of hydrogen-bond acceptors (Lipinski definition) is 22. The highest BCUT2D eigenvalue weighted by molar-refractivity contribution is 8.00. The molecule has 0 aromatic heterocycles. The first kappa shape index (κ1) is 116. The Labute approximate surface area is 800 Å². The van der Waals surface area contributed by atoms with Crippen molar-refractivity contribution in [2.45, 2.75) is 281 Å². The Morgan fingerprint density at radius 2 is 0.583 bits per heavy atom. The predicted molar refractivity (Wildman–Crippen MR) is 530 cm³/mol. The average Bonchev–Trinajstić information content (AvgIpc) is 1.64. The molecule has 0 bridgehead atoms. The van der Waals surface area contributed by atoms with E-state index in [0.29, 0.717) is 77.5 Å². The molecule has 4 unspecified atom stereocenters. The molecule has 4 aliphatic heterocycles. The molecule has 4 heterocycles. The zero-order valence-corrected chi connectivity index (χ0v) is 85.8. The summed E-state index contributed by atoms with van der Waals surface area (Å²) < 4.78 is 76.0. The summed E-state index contributed by atoms with van der Waals surface area (Å²) in [6.07, 6.45) is 13.3. The summed E-state index contributed by atoms with van der Waals surface area (Å²) in [6, 6.07) is 36.1. The topological polar surface area (TPSA) is 410 Å². The van der Waals surface area contributed by atoms with Crippen LogP contribution in [0.2, 0.25) is 0 Å². The summed E-state index contributed by atoms with van der Waals surface area (Å²) in [5.74, 6) is -3.97. The third-order valence-electron chi connectivity index (χ3n) is 22.8. The van der Waals surface area contributed by atoms with Crippen molar-refractivity contribution >= 4 is 136 Å². The number of carboxylic acids is 4. The number of benzene rings is 4. The smallest absolute Gasteiger partial charge is 0.326 e. The van der Waals surface area contributed by atoms with E-state index in [-0.39, 0.29) is 70.3 Å². The average molecular weight is 1990 g/mol. The molecule has 4 saturated heterocycles. The number of carbonyl (C=O) groups excluding carboxylic acids is 6. The molecule has 4 amide bonds. The van der Waals surface area contributed by atoms with Gasteiger partial charge in [-0.3, -0.25) is 56.1 Å². The van der Waals surface area contributed by atoms with Gasteiger partial charge < -0.3 is 59.3 Å². The number of aliphatic carboxylic acids is 4. The summed E-state index contributed by atoms with van der Waals surface area (Å²) in [7, 11) is -14.4. The molecule has 28 nitrogen and oxygen atoms in total. The van der Waals surface area contributed by atoms with Gasteiger partial charge in [-0.2, -0.15) is 47.0 Å². The highest BCUT2D eigenvalue weighted by Crippen LogP contribution is 2.53. The van der Waals surface area contributed by atoms with Gasteiger partial charge in [0.05, 0.1) is 0 Å². The minimum absolute atomic E-state index is 0.0325. The number of carboxylic acid groups (broad SMARTS) is 4. The molecule has 0 aliphatic carbocycles. The monoisotopic (exact) mass is 1990 g/mol. The molecule has 6 N–H and O–H groups in total. The van der Waals surface area contributed by atoms with E-state index >= 15 is 0 Å². The van der Waals surface area contributed by atoms with Gasteiger partial charge >= 0.3 is 35.8 Å². The number of thioether (sulfide) groups is 4. The van der Waals surface area contributed by atoms with E-state index in [1.165, 1.54) is 41.9 Å². The number of ether oxygens (including phenoxy) is 2. The largest absolute Gasteiger partial charge is 0.480 e. The highest BCUT2D eigenvalue weighted by Gasteiger charge is 2.47. The summed E-state index contributed by atoms with van der Waals surface area (Å²) in [5, 5.41) is 38.6. The maximum Gasteiger partial charge on any atom is 0.326 e. The number of nitrogens with zero attached hydrogens (tertiary/aromatic N) is 4. The molecule has 0 spiro atoms. The number of amides is 4. The zero-order chi connectivity index (χ0) is 97.4. The molecule has 36 heteroatoms. The van der Waals surface area contributed by atoms with E-state index in [9.17, 15) is 96.4 Å². The standard InChI is InChI=1S/C28H44NO7PS.C27H42NO7PS.C21H32NO5PS.C20H30NO5PS/c1-5-7-17-38-23-18-24(27(32)33)29(19-23)25(30)20-37(34,36-28(21(3)4)35-26(31)6-2)16-12-11-15-22-13-9-8-10-14-22;1-5-16-37-22-17-23(26(31)32)28(18-22)24(29)19-36(33,35-27(20(3)4)34-25(30)6-2)15-11-10-14-21-12-8-7-9-13-21;1-2-3-13-29-18-14-19(21(24)25)22(15-18)20(23)16-28(26,27)12-8-7-11-17-9-5-4-6-10-17;1-2-12-28-17-13-18(20(23)24)21(14-17)19(22)15-27(25,26)11-7-6-10-16-8-4-3-5-9-16/h8-10,13-14,21,23-24,28H,5-7,11-12,15-20H2,1-4H3,(H,32,33);7-9,12-13,20,22-23,27H,5-6,10-11,14-19H2,1-4H3,(H,31,32);4-6,9-10,18-19H,2-3,7-8,11-16H2,1H3,(H,24,25)(H,26,27);3-5,8-9,17-18H,2,6-7,10-15H2,1H3,(H,23,24)(H,25,26)/t23-,24+,28-,37?;22-,23+,27-,36?;18-,19+;17-,18+/m1111/s1. The van der Waals surface area contributed by atoms with E-state index < -0.39 is 150 Å². The van der Waals surface area contributed by atoms with Crippen LogP contribution in [0.4, 0.5) is 0 Å². The van der Waals surface area contributed by atoms with Gasteiger partial charge in [0.25, 0.3) is 0 Å². The van der Waals surface area contributed by atoms with E-state index in [1.807, 2.05) is 121 Å². The van der Waals surface area contributed by atoms with Gasteiger partial charge in [0.2, 0.25) is 65.7 Å². The highest BCUT2D eigenvalue weighted by atomic mass is 32.2. The SMILES string of the molecule is CCCCS[C@@H]1C[C@@H](C(=O)O)N(C(=O)CP(=O)(CCCCc2ccccc2)O[C@@H](OC(=O)CC)C(C)C)C1.CCCCS[C@@H]1C[C@@H](C(=O)O)N(C(=O)CP(=O)(O)CCCCc2ccccc2)C1.CCCS[C@@H]1C[C@@H](C(=O)O)N(C(=O)CP(=O)(CCCCc2ccccc2)O[C@@H](OC(=O)CC)C(C)C)C1.CCCS[C@@H]1C[C@@H](C(=O)O)N(C(=O)CP(=O)(O)CCCCc2ccccc2)C1. The molecule has 0 saturated carbocycles. The Morgan fingerprint density at radius 1 is 0.341 bits per heavy atom. The second kappa shape index (κ2) is 61.8. The molecule has 0 radical (unpaired) electrons. The maximum atomic E-state index is 14.1. The molecule has 14 atom stereocenters. The Kier molecular flexibility index (Phi) is 54.5. The lowest BCUT2D eigenvalue weighted by Crippen LogP contribution is -2.42. The van der Waals surface area contributed by atoms with Crippen LogP contribution in [0.5, 0.6) is 0 Å². The van der Waals surface area contributed by atoms with Crippen LogP contribution in [-0.4, -0.2) is 265 Å². The van der Waals surface area contributed by atoms with E-state index in [2.05, 4.69) is 27.7 Å². The molecular weight excluding hydrogens is 1850 g/mol. The van der Waals surface area contributed by atoms with Gasteiger partial charge in [-0.15, -0.1) is 0 Å². The third kappa shape index (κ3) is 44.0. The number of aryl methyl sites for hydroxylation is 4. The summed E-state index contributed by atoms with van der Waals surface area (Å²) in [5.41, 5.74) is 4.71. The molecule has 4 aromatic rings. The number of rotatable bonds is 56. The van der Waals surface area contributed by atoms with Gasteiger partial charge in [0.15, 0.2) is 0 Å².